The molecule has 12 heteroatoms. The molecule has 0 aliphatic carbocycles. The van der Waals surface area contributed by atoms with Gasteiger partial charge in [-0.1, -0.05) is 0 Å². The van der Waals surface area contributed by atoms with Gasteiger partial charge in [0.05, 0.1) is 12.7 Å². The quantitative estimate of drug-likeness (QED) is 0.505. The van der Waals surface area contributed by atoms with Crippen LogP contribution in [-0.4, -0.2) is 63.1 Å². The molecule has 32 heavy (non-hydrogen) atoms. The third-order valence-electron chi connectivity index (χ3n) is 5.58. The largest absolute Gasteiger partial charge is 0.373 e. The smallest absolute Gasteiger partial charge is 0.274 e. The molecule has 0 saturated carbocycles. The highest BCUT2D eigenvalue weighted by atomic mass is 19.3. The summed E-state index contributed by atoms with van der Waals surface area (Å²) in [6.45, 7) is 0.785. The summed E-state index contributed by atoms with van der Waals surface area (Å²) in [5, 5.41) is 10.1. The number of aromatic nitrogens is 4. The molecule has 0 spiro atoms. The number of nitrogens with zero attached hydrogens (tertiary/aromatic N) is 5. The van der Waals surface area contributed by atoms with E-state index in [1.54, 1.807) is 40.9 Å². The van der Waals surface area contributed by atoms with Crippen molar-refractivity contribution < 1.29 is 13.6 Å². The lowest BCUT2D eigenvalue weighted by Gasteiger charge is -2.32. The van der Waals surface area contributed by atoms with Crippen LogP contribution in [0.3, 0.4) is 0 Å². The molecule has 0 radical (unpaired) electrons. The van der Waals surface area contributed by atoms with E-state index >= 15 is 0 Å². The van der Waals surface area contributed by atoms with Gasteiger partial charge in [0.25, 0.3) is 17.9 Å². The van der Waals surface area contributed by atoms with Gasteiger partial charge in [0.2, 0.25) is 0 Å². The van der Waals surface area contributed by atoms with Crippen LogP contribution >= 0.6 is 0 Å². The fraction of sp³-hybridized carbons (Fsp3) is 0.400. The number of primary amides is 1. The Labute approximate surface area is 182 Å². The van der Waals surface area contributed by atoms with Crippen molar-refractivity contribution in [1.82, 2.24) is 24.1 Å². The van der Waals surface area contributed by atoms with Crippen molar-refractivity contribution in [3.63, 3.8) is 0 Å². The van der Waals surface area contributed by atoms with Gasteiger partial charge < -0.3 is 20.9 Å². The Bertz CT molecular complexity index is 1180. The highest BCUT2D eigenvalue weighted by Crippen LogP contribution is 2.24. The van der Waals surface area contributed by atoms with E-state index in [9.17, 15) is 18.4 Å². The zero-order valence-corrected chi connectivity index (χ0v) is 17.5. The maximum absolute atomic E-state index is 13.1. The number of rotatable bonds is 7. The minimum Gasteiger partial charge on any atom is -0.373 e. The van der Waals surface area contributed by atoms with Crippen molar-refractivity contribution in [3.8, 4) is 0 Å². The number of hydrogen-bond donors (Lipinski definition) is 3. The molecule has 1 saturated heterocycles. The number of amides is 1. The van der Waals surface area contributed by atoms with E-state index in [1.807, 2.05) is 0 Å². The standard InChI is InChI=1S/C20H24F2N8O2/c1-24-17-9-16(27-19-13(18(23)31)10-25-30(17)19)26-14-3-2-6-29(20(14)32)12-4-7-28(8-5-12)11-15(21)22/h2-3,6,9-10,12,15,24H,4-5,7-8,11H2,1H3,(H2,23,31)(H,26,27). The first kappa shape index (κ1) is 21.7. The van der Waals surface area contributed by atoms with Gasteiger partial charge in [0.1, 0.15) is 22.9 Å². The summed E-state index contributed by atoms with van der Waals surface area (Å²) in [6, 6.07) is 4.98. The highest BCUT2D eigenvalue weighted by Gasteiger charge is 2.23. The summed E-state index contributed by atoms with van der Waals surface area (Å²) in [5.74, 6) is 0.228. The second-order valence-corrected chi connectivity index (χ2v) is 7.62. The highest BCUT2D eigenvalue weighted by molar-refractivity contribution is 5.98. The Hall–Kier alpha value is -3.54. The molecule has 1 aliphatic heterocycles. The molecule has 4 rings (SSSR count). The van der Waals surface area contributed by atoms with Crippen molar-refractivity contribution in [2.75, 3.05) is 37.3 Å². The molecule has 10 nitrogen and oxygen atoms in total. The topological polar surface area (TPSA) is 123 Å². The predicted octanol–water partition coefficient (Wildman–Crippen LogP) is 1.68. The molecule has 4 N–H and O–H groups in total. The molecule has 1 aliphatic rings. The zero-order valence-electron chi connectivity index (χ0n) is 17.5. The third-order valence-corrected chi connectivity index (χ3v) is 5.58. The number of hydrogen-bond acceptors (Lipinski definition) is 7. The number of nitrogens with two attached hydrogens (primary N) is 1. The zero-order chi connectivity index (χ0) is 22.8. The Kier molecular flexibility index (Phi) is 6.04. The van der Waals surface area contributed by atoms with E-state index < -0.39 is 12.3 Å². The monoisotopic (exact) mass is 446 g/mol. The molecule has 4 heterocycles. The molecule has 3 aromatic heterocycles. The van der Waals surface area contributed by atoms with Gasteiger partial charge in [0.15, 0.2) is 5.65 Å². The van der Waals surface area contributed by atoms with Crippen molar-refractivity contribution in [3.05, 3.63) is 46.5 Å². The molecular formula is C20H24F2N8O2. The van der Waals surface area contributed by atoms with Crippen LogP contribution in [0.4, 0.5) is 26.1 Å². The summed E-state index contributed by atoms with van der Waals surface area (Å²) >= 11 is 0. The summed E-state index contributed by atoms with van der Waals surface area (Å²) in [4.78, 5) is 30.9. The number of fused-ring (bicyclic) bond motifs is 1. The summed E-state index contributed by atoms with van der Waals surface area (Å²) in [7, 11) is 1.69. The number of halogens is 2. The molecule has 1 fully saturated rings. The number of nitrogens with one attached hydrogen (secondary N) is 2. The van der Waals surface area contributed by atoms with Gasteiger partial charge in [-0.3, -0.25) is 14.5 Å². The van der Waals surface area contributed by atoms with Gasteiger partial charge >= 0.3 is 0 Å². The molecule has 1 amide bonds. The Morgan fingerprint density at radius 2 is 2.09 bits per heavy atom. The molecular weight excluding hydrogens is 422 g/mol. The van der Waals surface area contributed by atoms with E-state index in [4.69, 9.17) is 5.73 Å². The van der Waals surface area contributed by atoms with Gasteiger partial charge in [0, 0.05) is 38.4 Å². The fourth-order valence-corrected chi connectivity index (χ4v) is 3.98. The van der Waals surface area contributed by atoms with E-state index in [-0.39, 0.29) is 29.4 Å². The Morgan fingerprint density at radius 3 is 2.75 bits per heavy atom. The lowest BCUT2D eigenvalue weighted by molar-refractivity contribution is 0.0699. The summed E-state index contributed by atoms with van der Waals surface area (Å²) in [6.07, 6.45) is 1.91. The molecule has 3 aromatic rings. The SMILES string of the molecule is CNc1cc(Nc2cccn(C3CCN(CC(F)F)CC3)c2=O)nc2c(C(N)=O)cnn12. The number of carbonyl (C=O) groups is 1. The van der Waals surface area contributed by atoms with Crippen LogP contribution in [0, 0.1) is 0 Å². The first-order valence-electron chi connectivity index (χ1n) is 10.2. The fourth-order valence-electron chi connectivity index (χ4n) is 3.98. The van der Waals surface area contributed by atoms with Crippen molar-refractivity contribution in [1.29, 1.82) is 0 Å². The number of likely N-dealkylation sites (tertiary alicyclic amines) is 1. The first-order valence-corrected chi connectivity index (χ1v) is 10.2. The van der Waals surface area contributed by atoms with Gasteiger partial charge in [-0.2, -0.15) is 9.61 Å². The van der Waals surface area contributed by atoms with Crippen molar-refractivity contribution in [2.45, 2.75) is 25.3 Å². The minimum atomic E-state index is -2.36. The Balaban J connectivity index is 1.60. The van der Waals surface area contributed by atoms with Crippen LogP contribution in [0.5, 0.6) is 0 Å². The number of anilines is 3. The third kappa shape index (κ3) is 4.26. The number of carbonyl (C=O) groups excluding carboxylic acids is 1. The first-order chi connectivity index (χ1) is 15.4. The molecule has 0 unspecified atom stereocenters. The second kappa shape index (κ2) is 8.91. The van der Waals surface area contributed by atoms with Crippen molar-refractivity contribution >= 4 is 28.9 Å². The van der Waals surface area contributed by atoms with Gasteiger partial charge in [-0.05, 0) is 25.0 Å². The van der Waals surface area contributed by atoms with Gasteiger partial charge in [-0.15, -0.1) is 0 Å². The van der Waals surface area contributed by atoms with Crippen LogP contribution in [0.15, 0.2) is 35.4 Å². The summed E-state index contributed by atoms with van der Waals surface area (Å²) < 4.78 is 28.3. The minimum absolute atomic E-state index is 0.0715. The average Bonchev–Trinajstić information content (AvgIpc) is 3.19. The van der Waals surface area contributed by atoms with E-state index in [0.29, 0.717) is 43.3 Å². The van der Waals surface area contributed by atoms with E-state index in [0.717, 1.165) is 0 Å². The predicted molar refractivity (Wildman–Crippen MR) is 116 cm³/mol. The van der Waals surface area contributed by atoms with Crippen LogP contribution in [0.1, 0.15) is 29.2 Å². The van der Waals surface area contributed by atoms with Crippen LogP contribution in [0.25, 0.3) is 5.65 Å². The van der Waals surface area contributed by atoms with Crippen LogP contribution in [-0.2, 0) is 0 Å². The number of pyridine rings is 1. The summed E-state index contributed by atoms with van der Waals surface area (Å²) in [5.41, 5.74) is 5.89. The Morgan fingerprint density at radius 1 is 1.34 bits per heavy atom. The van der Waals surface area contributed by atoms with Crippen LogP contribution in [0.2, 0.25) is 0 Å². The number of piperidine rings is 1. The maximum atomic E-state index is 13.1. The second-order valence-electron chi connectivity index (χ2n) is 7.62. The van der Waals surface area contributed by atoms with E-state index in [2.05, 4.69) is 20.7 Å². The molecule has 0 bridgehead atoms. The lowest BCUT2D eigenvalue weighted by atomic mass is 10.0. The van der Waals surface area contributed by atoms with Gasteiger partial charge in [-0.25, -0.2) is 13.8 Å². The number of alkyl halides is 2. The lowest BCUT2D eigenvalue weighted by Crippen LogP contribution is -2.39. The average molecular weight is 446 g/mol. The molecule has 0 aromatic carbocycles. The molecule has 170 valence electrons. The molecule has 0 atom stereocenters. The van der Waals surface area contributed by atoms with E-state index in [1.165, 1.54) is 10.7 Å². The van der Waals surface area contributed by atoms with Crippen molar-refractivity contribution in [2.24, 2.45) is 5.73 Å². The maximum Gasteiger partial charge on any atom is 0.274 e. The van der Waals surface area contributed by atoms with Crippen LogP contribution < -0.4 is 21.9 Å². The normalized spacial score (nSPS) is 15.4.